The summed E-state index contributed by atoms with van der Waals surface area (Å²) in [5.74, 6) is -0.656. The maximum absolute atomic E-state index is 11.6. The Hall–Kier alpha value is -2.67. The molecular formula is C14H17N5O2. The first-order valence-electron chi connectivity index (χ1n) is 6.50. The highest BCUT2D eigenvalue weighted by molar-refractivity contribution is 5.94. The van der Waals surface area contributed by atoms with E-state index in [0.717, 1.165) is 5.56 Å². The van der Waals surface area contributed by atoms with Crippen LogP contribution in [0.3, 0.4) is 0 Å². The van der Waals surface area contributed by atoms with Crippen LogP contribution in [-0.2, 0) is 16.1 Å². The van der Waals surface area contributed by atoms with Gasteiger partial charge in [-0.3, -0.25) is 14.3 Å². The van der Waals surface area contributed by atoms with Crippen molar-refractivity contribution < 1.29 is 9.59 Å². The number of hydrogen-bond donors (Lipinski definition) is 3. The van der Waals surface area contributed by atoms with Gasteiger partial charge in [0.25, 0.3) is 0 Å². The molecule has 0 saturated heterocycles. The fraction of sp³-hybridized carbons (Fsp3) is 0.214. The number of hydrogen-bond acceptors (Lipinski definition) is 4. The molecule has 1 heterocycles. The number of nitrogens with one attached hydrogen (secondary N) is 2. The number of amides is 2. The van der Waals surface area contributed by atoms with Crippen LogP contribution >= 0.6 is 0 Å². The van der Waals surface area contributed by atoms with E-state index in [1.807, 2.05) is 41.2 Å². The van der Waals surface area contributed by atoms with Gasteiger partial charge in [0, 0.05) is 18.1 Å². The highest BCUT2D eigenvalue weighted by atomic mass is 16.2. The van der Waals surface area contributed by atoms with Gasteiger partial charge in [-0.1, -0.05) is 12.1 Å². The van der Waals surface area contributed by atoms with E-state index in [9.17, 15) is 9.59 Å². The fourth-order valence-electron chi connectivity index (χ4n) is 1.73. The van der Waals surface area contributed by atoms with Gasteiger partial charge in [-0.25, -0.2) is 0 Å². The summed E-state index contributed by atoms with van der Waals surface area (Å²) in [6.07, 6.45) is 3.61. The molecule has 2 rings (SSSR count). The van der Waals surface area contributed by atoms with Crippen molar-refractivity contribution >= 4 is 17.5 Å². The summed E-state index contributed by atoms with van der Waals surface area (Å²) in [5.41, 5.74) is 6.88. The normalized spacial score (nSPS) is 10.1. The first kappa shape index (κ1) is 14.7. The standard InChI is InChI=1S/C14H17N5O2/c15-8-13(20)16-9-14(21)18-12-4-2-11(3-5-12)10-19-7-1-6-17-19/h1-7H,8-10,15H2,(H,16,20)(H,18,21). The Kier molecular flexibility index (Phi) is 5.05. The quantitative estimate of drug-likeness (QED) is 0.693. The lowest BCUT2D eigenvalue weighted by atomic mass is 10.2. The molecule has 0 spiro atoms. The lowest BCUT2D eigenvalue weighted by Gasteiger charge is -2.07. The van der Waals surface area contributed by atoms with Crippen LogP contribution in [0.2, 0.25) is 0 Å². The van der Waals surface area contributed by atoms with Gasteiger partial charge >= 0.3 is 0 Å². The summed E-state index contributed by atoms with van der Waals surface area (Å²) in [7, 11) is 0. The molecule has 110 valence electrons. The fourth-order valence-corrected chi connectivity index (χ4v) is 1.73. The largest absolute Gasteiger partial charge is 0.346 e. The summed E-state index contributed by atoms with van der Waals surface area (Å²) in [6, 6.07) is 9.30. The van der Waals surface area contributed by atoms with Crippen LogP contribution in [0, 0.1) is 0 Å². The highest BCUT2D eigenvalue weighted by Crippen LogP contribution is 2.10. The number of benzene rings is 1. The van der Waals surface area contributed by atoms with E-state index in [2.05, 4.69) is 15.7 Å². The predicted molar refractivity (Wildman–Crippen MR) is 78.5 cm³/mol. The van der Waals surface area contributed by atoms with Gasteiger partial charge in [0.2, 0.25) is 11.8 Å². The van der Waals surface area contributed by atoms with Gasteiger partial charge in [0.1, 0.15) is 0 Å². The number of nitrogens with zero attached hydrogens (tertiary/aromatic N) is 2. The Morgan fingerprint density at radius 3 is 2.57 bits per heavy atom. The first-order valence-corrected chi connectivity index (χ1v) is 6.50. The van der Waals surface area contributed by atoms with Crippen LogP contribution in [-0.4, -0.2) is 34.7 Å². The zero-order valence-corrected chi connectivity index (χ0v) is 11.5. The van der Waals surface area contributed by atoms with E-state index in [1.165, 1.54) is 0 Å². The first-order chi connectivity index (χ1) is 10.2. The SMILES string of the molecule is NCC(=O)NCC(=O)Nc1ccc(Cn2cccn2)cc1. The summed E-state index contributed by atoms with van der Waals surface area (Å²) in [6.45, 7) is 0.453. The van der Waals surface area contributed by atoms with E-state index in [4.69, 9.17) is 5.73 Å². The van der Waals surface area contributed by atoms with E-state index < -0.39 is 0 Å². The Morgan fingerprint density at radius 1 is 1.19 bits per heavy atom. The van der Waals surface area contributed by atoms with Crippen LogP contribution in [0.25, 0.3) is 0 Å². The van der Waals surface area contributed by atoms with Crippen LogP contribution in [0.4, 0.5) is 5.69 Å². The number of aromatic nitrogens is 2. The molecule has 0 atom stereocenters. The van der Waals surface area contributed by atoms with E-state index in [1.54, 1.807) is 6.20 Å². The third-order valence-electron chi connectivity index (χ3n) is 2.77. The second-order valence-corrected chi connectivity index (χ2v) is 4.43. The molecule has 0 fully saturated rings. The van der Waals surface area contributed by atoms with Crippen LogP contribution < -0.4 is 16.4 Å². The lowest BCUT2D eigenvalue weighted by Crippen LogP contribution is -2.36. The third-order valence-corrected chi connectivity index (χ3v) is 2.77. The average molecular weight is 287 g/mol. The molecule has 0 bridgehead atoms. The topological polar surface area (TPSA) is 102 Å². The molecule has 0 aliphatic rings. The van der Waals surface area contributed by atoms with E-state index in [-0.39, 0.29) is 24.9 Å². The number of carbonyl (C=O) groups excluding carboxylic acids is 2. The van der Waals surface area contributed by atoms with Crippen molar-refractivity contribution in [3.05, 3.63) is 48.3 Å². The minimum atomic E-state index is -0.361. The highest BCUT2D eigenvalue weighted by Gasteiger charge is 2.04. The van der Waals surface area contributed by atoms with Crippen molar-refractivity contribution in [1.82, 2.24) is 15.1 Å². The maximum atomic E-state index is 11.6. The lowest BCUT2D eigenvalue weighted by molar-refractivity contribution is -0.123. The molecule has 7 nitrogen and oxygen atoms in total. The van der Waals surface area contributed by atoms with Crippen LogP contribution in [0.5, 0.6) is 0 Å². The molecule has 4 N–H and O–H groups in total. The van der Waals surface area contributed by atoms with Gasteiger partial charge in [0.05, 0.1) is 19.6 Å². The molecule has 7 heteroatoms. The minimum Gasteiger partial charge on any atom is -0.346 e. The average Bonchev–Trinajstić information content (AvgIpc) is 3.00. The molecule has 1 aromatic carbocycles. The zero-order valence-electron chi connectivity index (χ0n) is 11.5. The predicted octanol–water partition coefficient (Wildman–Crippen LogP) is -0.0552. The molecule has 0 aliphatic carbocycles. The molecular weight excluding hydrogens is 270 g/mol. The Morgan fingerprint density at radius 2 is 1.95 bits per heavy atom. The van der Waals surface area contributed by atoms with E-state index in [0.29, 0.717) is 12.2 Å². The molecule has 0 saturated carbocycles. The summed E-state index contributed by atoms with van der Waals surface area (Å²) in [4.78, 5) is 22.5. The van der Waals surface area contributed by atoms with Gasteiger partial charge in [0.15, 0.2) is 0 Å². The number of nitrogens with two attached hydrogens (primary N) is 1. The summed E-state index contributed by atoms with van der Waals surface area (Å²) in [5, 5.41) is 9.22. The van der Waals surface area contributed by atoms with Crippen molar-refractivity contribution in [3.8, 4) is 0 Å². The summed E-state index contributed by atoms with van der Waals surface area (Å²) < 4.78 is 1.82. The number of anilines is 1. The van der Waals surface area contributed by atoms with Crippen LogP contribution in [0.1, 0.15) is 5.56 Å². The molecule has 1 aromatic heterocycles. The number of rotatable bonds is 6. The van der Waals surface area contributed by atoms with E-state index >= 15 is 0 Å². The van der Waals surface area contributed by atoms with Gasteiger partial charge in [-0.2, -0.15) is 5.10 Å². The Labute approximate surface area is 122 Å². The van der Waals surface area contributed by atoms with Crippen molar-refractivity contribution in [3.63, 3.8) is 0 Å². The van der Waals surface area contributed by atoms with Gasteiger partial charge in [-0.05, 0) is 23.8 Å². The maximum Gasteiger partial charge on any atom is 0.243 e. The smallest absolute Gasteiger partial charge is 0.243 e. The zero-order chi connectivity index (χ0) is 15.1. The third kappa shape index (κ3) is 4.73. The van der Waals surface area contributed by atoms with Crippen molar-refractivity contribution in [2.75, 3.05) is 18.4 Å². The minimum absolute atomic E-state index is 0.0922. The molecule has 2 amide bonds. The molecule has 0 unspecified atom stereocenters. The van der Waals surface area contributed by atoms with Crippen molar-refractivity contribution in [2.45, 2.75) is 6.54 Å². The Bertz CT molecular complexity index is 592. The monoisotopic (exact) mass is 287 g/mol. The van der Waals surface area contributed by atoms with Crippen molar-refractivity contribution in [1.29, 1.82) is 0 Å². The van der Waals surface area contributed by atoms with Gasteiger partial charge in [-0.15, -0.1) is 0 Å². The van der Waals surface area contributed by atoms with Crippen molar-refractivity contribution in [2.24, 2.45) is 5.73 Å². The Balaban J connectivity index is 1.84. The molecule has 0 radical (unpaired) electrons. The van der Waals surface area contributed by atoms with Crippen LogP contribution in [0.15, 0.2) is 42.7 Å². The number of carbonyl (C=O) groups is 2. The molecule has 0 aliphatic heterocycles. The summed E-state index contributed by atoms with van der Waals surface area (Å²) >= 11 is 0. The molecule has 21 heavy (non-hydrogen) atoms. The second kappa shape index (κ2) is 7.20. The second-order valence-electron chi connectivity index (χ2n) is 4.43. The molecule has 2 aromatic rings. The van der Waals surface area contributed by atoms with Gasteiger partial charge < -0.3 is 16.4 Å².